The minimum atomic E-state index is -4.46. The van der Waals surface area contributed by atoms with Crippen LogP contribution in [-0.2, 0) is 16.5 Å². The monoisotopic (exact) mass is 284 g/mol. The third-order valence-electron chi connectivity index (χ3n) is 3.77. The molecule has 1 aromatic carbocycles. The molecule has 1 saturated carbocycles. The first-order valence-electron chi connectivity index (χ1n) is 6.28. The Morgan fingerprint density at radius 1 is 1.30 bits per heavy atom. The molecule has 1 aliphatic carbocycles. The van der Waals surface area contributed by atoms with E-state index in [1.54, 1.807) is 19.0 Å². The molecule has 0 spiro atoms. The van der Waals surface area contributed by atoms with E-state index in [1.807, 2.05) is 0 Å². The molecule has 0 unspecified atom stereocenters. The van der Waals surface area contributed by atoms with E-state index in [9.17, 15) is 18.0 Å². The van der Waals surface area contributed by atoms with E-state index in [4.69, 9.17) is 0 Å². The summed E-state index contributed by atoms with van der Waals surface area (Å²) in [5, 5.41) is 0. The van der Waals surface area contributed by atoms with Gasteiger partial charge in [0, 0.05) is 19.8 Å². The highest BCUT2D eigenvalue weighted by atomic mass is 19.4. The summed E-state index contributed by atoms with van der Waals surface area (Å²) in [4.78, 5) is 16.0. The summed E-state index contributed by atoms with van der Waals surface area (Å²) in [5.41, 5.74) is -1.05. The number of isocyanates is 1. The minimum absolute atomic E-state index is 0.0748. The fourth-order valence-electron chi connectivity index (χ4n) is 2.48. The summed E-state index contributed by atoms with van der Waals surface area (Å²) in [6, 6.07) is 3.96. The third kappa shape index (κ3) is 2.43. The first-order valence-corrected chi connectivity index (χ1v) is 6.28. The molecule has 0 saturated heterocycles. The van der Waals surface area contributed by atoms with Crippen LogP contribution in [-0.4, -0.2) is 20.2 Å². The zero-order valence-electron chi connectivity index (χ0n) is 11.3. The maximum Gasteiger partial charge on any atom is 0.416 e. The molecule has 1 aliphatic rings. The average Bonchev–Trinajstić information content (AvgIpc) is 2.32. The first-order chi connectivity index (χ1) is 9.30. The highest BCUT2D eigenvalue weighted by Crippen LogP contribution is 2.49. The highest BCUT2D eigenvalue weighted by molar-refractivity contribution is 5.54. The van der Waals surface area contributed by atoms with Gasteiger partial charge in [0.1, 0.15) is 0 Å². The van der Waals surface area contributed by atoms with Gasteiger partial charge in [0.2, 0.25) is 6.08 Å². The van der Waals surface area contributed by atoms with Gasteiger partial charge < -0.3 is 4.90 Å². The number of halogens is 3. The lowest BCUT2D eigenvalue weighted by molar-refractivity contribution is -0.139. The minimum Gasteiger partial charge on any atom is -0.378 e. The molecular formula is C14H15F3N2O. The van der Waals surface area contributed by atoms with Crippen LogP contribution < -0.4 is 4.90 Å². The number of nitrogens with zero attached hydrogens (tertiary/aromatic N) is 2. The SMILES string of the molecule is CN(C)c1ccc(C(F)(F)F)c(C2(N=C=O)CCC2)c1. The predicted molar refractivity (Wildman–Crippen MR) is 69.4 cm³/mol. The van der Waals surface area contributed by atoms with Gasteiger partial charge in [0.25, 0.3) is 0 Å². The van der Waals surface area contributed by atoms with E-state index in [0.717, 1.165) is 12.5 Å². The Morgan fingerprint density at radius 3 is 2.35 bits per heavy atom. The van der Waals surface area contributed by atoms with E-state index in [2.05, 4.69) is 4.99 Å². The molecule has 0 bridgehead atoms. The maximum atomic E-state index is 13.2. The summed E-state index contributed by atoms with van der Waals surface area (Å²) >= 11 is 0. The molecule has 0 heterocycles. The van der Waals surface area contributed by atoms with Crippen LogP contribution in [0.25, 0.3) is 0 Å². The van der Waals surface area contributed by atoms with Crippen LogP contribution in [0, 0.1) is 0 Å². The Hall–Kier alpha value is -1.81. The summed E-state index contributed by atoms with van der Waals surface area (Å²) in [6.07, 6.45) is -1.37. The molecule has 0 aromatic heterocycles. The van der Waals surface area contributed by atoms with Gasteiger partial charge in [0.15, 0.2) is 0 Å². The van der Waals surface area contributed by atoms with Gasteiger partial charge in [-0.2, -0.15) is 18.2 Å². The molecule has 2 rings (SSSR count). The largest absolute Gasteiger partial charge is 0.416 e. The Balaban J connectivity index is 2.63. The van der Waals surface area contributed by atoms with Crippen LogP contribution in [0.4, 0.5) is 18.9 Å². The Morgan fingerprint density at radius 2 is 1.95 bits per heavy atom. The van der Waals surface area contributed by atoms with Crippen molar-refractivity contribution in [3.05, 3.63) is 29.3 Å². The van der Waals surface area contributed by atoms with E-state index < -0.39 is 17.3 Å². The Kier molecular flexibility index (Phi) is 3.61. The molecule has 0 amide bonds. The van der Waals surface area contributed by atoms with Crippen molar-refractivity contribution in [1.82, 2.24) is 0 Å². The summed E-state index contributed by atoms with van der Waals surface area (Å²) in [7, 11) is 3.51. The van der Waals surface area contributed by atoms with E-state index in [1.165, 1.54) is 18.2 Å². The normalized spacial score (nSPS) is 17.1. The van der Waals surface area contributed by atoms with Crippen molar-refractivity contribution < 1.29 is 18.0 Å². The van der Waals surface area contributed by atoms with Crippen molar-refractivity contribution in [2.45, 2.75) is 31.0 Å². The molecule has 0 atom stereocenters. The van der Waals surface area contributed by atoms with Gasteiger partial charge in [-0.25, -0.2) is 4.79 Å². The van der Waals surface area contributed by atoms with Crippen molar-refractivity contribution >= 4 is 11.8 Å². The lowest BCUT2D eigenvalue weighted by atomic mass is 9.70. The lowest BCUT2D eigenvalue weighted by Gasteiger charge is -2.39. The number of hydrogen-bond acceptors (Lipinski definition) is 3. The molecule has 0 N–H and O–H groups in total. The molecule has 0 aliphatic heterocycles. The second kappa shape index (κ2) is 4.94. The molecule has 1 aromatic rings. The molecule has 6 heteroatoms. The number of anilines is 1. The molecular weight excluding hydrogens is 269 g/mol. The lowest BCUT2D eigenvalue weighted by Crippen LogP contribution is -2.34. The van der Waals surface area contributed by atoms with E-state index in [0.29, 0.717) is 18.5 Å². The van der Waals surface area contributed by atoms with Gasteiger partial charge in [-0.3, -0.25) is 0 Å². The number of aliphatic imine (C=N–C) groups is 1. The van der Waals surface area contributed by atoms with Crippen LogP contribution in [0.15, 0.2) is 23.2 Å². The summed E-state index contributed by atoms with van der Waals surface area (Å²) in [6.45, 7) is 0. The maximum absolute atomic E-state index is 13.2. The van der Waals surface area contributed by atoms with Crippen molar-refractivity contribution in [2.75, 3.05) is 19.0 Å². The fraction of sp³-hybridized carbons (Fsp3) is 0.500. The summed E-state index contributed by atoms with van der Waals surface area (Å²) in [5.74, 6) is 0. The zero-order chi connectivity index (χ0) is 15.0. The zero-order valence-corrected chi connectivity index (χ0v) is 11.3. The average molecular weight is 284 g/mol. The number of hydrogen-bond donors (Lipinski definition) is 0. The summed E-state index contributed by atoms with van der Waals surface area (Å²) < 4.78 is 39.5. The van der Waals surface area contributed by atoms with Gasteiger partial charge in [-0.05, 0) is 43.0 Å². The molecule has 1 fully saturated rings. The van der Waals surface area contributed by atoms with Crippen LogP contribution >= 0.6 is 0 Å². The van der Waals surface area contributed by atoms with Gasteiger partial charge in [-0.15, -0.1) is 0 Å². The number of carbonyl (C=O) groups excluding carboxylic acids is 1. The van der Waals surface area contributed by atoms with Gasteiger partial charge >= 0.3 is 6.18 Å². The molecule has 20 heavy (non-hydrogen) atoms. The van der Waals surface area contributed by atoms with Crippen LogP contribution in [0.3, 0.4) is 0 Å². The number of benzene rings is 1. The van der Waals surface area contributed by atoms with Crippen molar-refractivity contribution in [2.24, 2.45) is 4.99 Å². The predicted octanol–water partition coefficient (Wildman–Crippen LogP) is 3.49. The van der Waals surface area contributed by atoms with Crippen LogP contribution in [0.2, 0.25) is 0 Å². The Bertz CT molecular complexity index is 556. The number of rotatable bonds is 3. The second-order valence-corrected chi connectivity index (χ2v) is 5.21. The first kappa shape index (κ1) is 14.6. The topological polar surface area (TPSA) is 32.7 Å². The van der Waals surface area contributed by atoms with E-state index >= 15 is 0 Å². The standard InChI is InChI=1S/C14H15F3N2O/c1-19(2)10-4-5-11(14(15,16)17)12(8-10)13(18-9-20)6-3-7-13/h4-5,8H,3,6-7H2,1-2H3. The Labute approximate surface area is 115 Å². The van der Waals surface area contributed by atoms with Crippen LogP contribution in [0.5, 0.6) is 0 Å². The van der Waals surface area contributed by atoms with Crippen LogP contribution in [0.1, 0.15) is 30.4 Å². The molecule has 108 valence electrons. The molecule has 3 nitrogen and oxygen atoms in total. The fourth-order valence-corrected chi connectivity index (χ4v) is 2.48. The molecule has 0 radical (unpaired) electrons. The van der Waals surface area contributed by atoms with Crippen molar-refractivity contribution in [3.8, 4) is 0 Å². The van der Waals surface area contributed by atoms with Gasteiger partial charge in [-0.1, -0.05) is 0 Å². The second-order valence-electron chi connectivity index (χ2n) is 5.21. The van der Waals surface area contributed by atoms with Gasteiger partial charge in [0.05, 0.1) is 11.1 Å². The van der Waals surface area contributed by atoms with E-state index in [-0.39, 0.29) is 5.56 Å². The third-order valence-corrected chi connectivity index (χ3v) is 3.77. The number of alkyl halides is 3. The van der Waals surface area contributed by atoms with Crippen molar-refractivity contribution in [1.29, 1.82) is 0 Å². The van der Waals surface area contributed by atoms with Crippen molar-refractivity contribution in [3.63, 3.8) is 0 Å². The smallest absolute Gasteiger partial charge is 0.378 e. The highest BCUT2D eigenvalue weighted by Gasteiger charge is 2.45. The quantitative estimate of drug-likeness (QED) is 0.628.